The molecule has 0 aliphatic heterocycles. The number of benzene rings is 2. The van der Waals surface area contributed by atoms with E-state index in [2.05, 4.69) is 15.5 Å². The lowest BCUT2D eigenvalue weighted by atomic mass is 10.2. The van der Waals surface area contributed by atoms with Gasteiger partial charge in [0.1, 0.15) is 5.15 Å². The molecule has 0 bridgehead atoms. The van der Waals surface area contributed by atoms with Crippen molar-refractivity contribution in [3.05, 3.63) is 70.3 Å². The van der Waals surface area contributed by atoms with E-state index in [4.69, 9.17) is 23.2 Å². The highest BCUT2D eigenvalue weighted by atomic mass is 35.5. The number of rotatable bonds is 5. The van der Waals surface area contributed by atoms with Crippen molar-refractivity contribution in [2.45, 2.75) is 4.90 Å². The molecule has 0 fully saturated rings. The Morgan fingerprint density at radius 3 is 2.72 bits per heavy atom. The molecule has 0 saturated carbocycles. The van der Waals surface area contributed by atoms with Crippen molar-refractivity contribution < 1.29 is 4.79 Å². The number of carbonyl (C=O) groups excluding carboxylic acids is 1. The monoisotopic (exact) mass is 389 g/mol. The van der Waals surface area contributed by atoms with Crippen molar-refractivity contribution in [2.75, 3.05) is 5.75 Å². The van der Waals surface area contributed by atoms with Crippen LogP contribution in [0.3, 0.4) is 0 Å². The van der Waals surface area contributed by atoms with Crippen LogP contribution in [-0.2, 0) is 4.79 Å². The van der Waals surface area contributed by atoms with Crippen LogP contribution in [0.2, 0.25) is 10.2 Å². The quantitative estimate of drug-likeness (QED) is 0.295. The van der Waals surface area contributed by atoms with Crippen molar-refractivity contribution in [1.29, 1.82) is 0 Å². The van der Waals surface area contributed by atoms with E-state index in [1.54, 1.807) is 12.1 Å². The Kier molecular flexibility index (Phi) is 5.91. The molecule has 0 atom stereocenters. The largest absolute Gasteiger partial charge is 0.272 e. The van der Waals surface area contributed by atoms with E-state index < -0.39 is 0 Å². The fourth-order valence-corrected chi connectivity index (χ4v) is 3.10. The lowest BCUT2D eigenvalue weighted by molar-refractivity contribution is -0.118. The van der Waals surface area contributed by atoms with E-state index in [1.807, 2.05) is 42.5 Å². The zero-order valence-electron chi connectivity index (χ0n) is 12.9. The number of pyridine rings is 1. The first-order valence-electron chi connectivity index (χ1n) is 7.37. The third kappa shape index (κ3) is 4.95. The fraction of sp³-hybridized carbons (Fsp3) is 0.0556. The summed E-state index contributed by atoms with van der Waals surface area (Å²) >= 11 is 13.4. The molecule has 1 N–H and O–H groups in total. The Labute approximate surface area is 159 Å². The SMILES string of the molecule is O=C(CSc1ccc(Cl)cc1)N/N=C\c1cc2ccccc2nc1Cl. The predicted molar refractivity (Wildman–Crippen MR) is 105 cm³/mol. The maximum absolute atomic E-state index is 11.9. The summed E-state index contributed by atoms with van der Waals surface area (Å²) in [5.74, 6) is 0.0453. The number of nitrogens with one attached hydrogen (secondary N) is 1. The first-order chi connectivity index (χ1) is 12.1. The van der Waals surface area contributed by atoms with Gasteiger partial charge >= 0.3 is 0 Å². The smallest absolute Gasteiger partial charge is 0.250 e. The first kappa shape index (κ1) is 17.7. The van der Waals surface area contributed by atoms with Gasteiger partial charge in [-0.1, -0.05) is 41.4 Å². The number of fused-ring (bicyclic) bond motifs is 1. The van der Waals surface area contributed by atoms with Gasteiger partial charge in [0.05, 0.1) is 17.5 Å². The molecule has 126 valence electrons. The molecule has 0 spiro atoms. The normalized spacial score (nSPS) is 11.1. The molecule has 0 radical (unpaired) electrons. The summed E-state index contributed by atoms with van der Waals surface area (Å²) in [4.78, 5) is 17.1. The van der Waals surface area contributed by atoms with Crippen molar-refractivity contribution in [3.8, 4) is 0 Å². The van der Waals surface area contributed by atoms with Crippen LogP contribution in [-0.4, -0.2) is 22.9 Å². The van der Waals surface area contributed by atoms with Crippen molar-refractivity contribution in [2.24, 2.45) is 5.10 Å². The topological polar surface area (TPSA) is 54.4 Å². The molecule has 3 aromatic rings. The lowest BCUT2D eigenvalue weighted by Gasteiger charge is -2.03. The molecule has 1 amide bonds. The maximum Gasteiger partial charge on any atom is 0.250 e. The number of halogens is 2. The van der Waals surface area contributed by atoms with E-state index in [0.29, 0.717) is 15.7 Å². The van der Waals surface area contributed by atoms with Gasteiger partial charge in [-0.3, -0.25) is 4.79 Å². The average molecular weight is 390 g/mol. The summed E-state index contributed by atoms with van der Waals surface area (Å²) in [6.07, 6.45) is 1.49. The van der Waals surface area contributed by atoms with Crippen LogP contribution in [0.15, 0.2) is 64.6 Å². The molecule has 4 nitrogen and oxygen atoms in total. The Hall–Kier alpha value is -2.08. The van der Waals surface area contributed by atoms with Crippen LogP contribution in [0.1, 0.15) is 5.56 Å². The number of hydrogen-bond donors (Lipinski definition) is 1. The summed E-state index contributed by atoms with van der Waals surface area (Å²) < 4.78 is 0. The molecule has 7 heteroatoms. The van der Waals surface area contributed by atoms with Gasteiger partial charge in [0.15, 0.2) is 0 Å². The molecule has 1 heterocycles. The van der Waals surface area contributed by atoms with Crippen LogP contribution in [0.5, 0.6) is 0 Å². The number of hydrazone groups is 1. The number of carbonyl (C=O) groups is 1. The molecule has 0 unspecified atom stereocenters. The molecule has 2 aromatic carbocycles. The number of amides is 1. The molecule has 25 heavy (non-hydrogen) atoms. The second kappa shape index (κ2) is 8.34. The molecule has 1 aromatic heterocycles. The molecule has 0 aliphatic rings. The predicted octanol–water partition coefficient (Wildman–Crippen LogP) is 4.78. The summed E-state index contributed by atoms with van der Waals surface area (Å²) in [6.45, 7) is 0. The first-order valence-corrected chi connectivity index (χ1v) is 9.11. The molecular formula is C18H13Cl2N3OS. The third-order valence-electron chi connectivity index (χ3n) is 3.28. The summed E-state index contributed by atoms with van der Waals surface area (Å²) in [7, 11) is 0. The van der Waals surface area contributed by atoms with Gasteiger partial charge in [-0.25, -0.2) is 10.4 Å². The van der Waals surface area contributed by atoms with E-state index in [1.165, 1.54) is 18.0 Å². The summed E-state index contributed by atoms with van der Waals surface area (Å²) in [6, 6.07) is 16.8. The highest BCUT2D eigenvalue weighted by Gasteiger charge is 2.04. The second-order valence-electron chi connectivity index (χ2n) is 5.10. The number of aromatic nitrogens is 1. The molecular weight excluding hydrogens is 377 g/mol. The van der Waals surface area contributed by atoms with Gasteiger partial charge in [-0.05, 0) is 36.4 Å². The van der Waals surface area contributed by atoms with E-state index in [9.17, 15) is 4.79 Å². The highest BCUT2D eigenvalue weighted by molar-refractivity contribution is 8.00. The van der Waals surface area contributed by atoms with Crippen molar-refractivity contribution in [1.82, 2.24) is 10.4 Å². The third-order valence-corrected chi connectivity index (χ3v) is 4.85. The minimum Gasteiger partial charge on any atom is -0.272 e. The van der Waals surface area contributed by atoms with Gasteiger partial charge in [0.25, 0.3) is 0 Å². The van der Waals surface area contributed by atoms with Crippen LogP contribution >= 0.6 is 35.0 Å². The van der Waals surface area contributed by atoms with E-state index in [0.717, 1.165) is 15.8 Å². The van der Waals surface area contributed by atoms with Crippen LogP contribution in [0.25, 0.3) is 10.9 Å². The number of para-hydroxylation sites is 1. The van der Waals surface area contributed by atoms with Gasteiger partial charge in [-0.15, -0.1) is 11.8 Å². The summed E-state index contributed by atoms with van der Waals surface area (Å²) in [5.41, 5.74) is 3.94. The van der Waals surface area contributed by atoms with Crippen molar-refractivity contribution in [3.63, 3.8) is 0 Å². The van der Waals surface area contributed by atoms with Crippen molar-refractivity contribution >= 4 is 58.0 Å². The van der Waals surface area contributed by atoms with Gasteiger partial charge < -0.3 is 0 Å². The van der Waals surface area contributed by atoms with Gasteiger partial charge in [0, 0.05) is 20.9 Å². The van der Waals surface area contributed by atoms with Gasteiger partial charge in [-0.2, -0.15) is 5.10 Å². The molecule has 3 rings (SSSR count). The molecule has 0 saturated heterocycles. The fourth-order valence-electron chi connectivity index (χ4n) is 2.09. The lowest BCUT2D eigenvalue weighted by Crippen LogP contribution is -2.19. The zero-order valence-corrected chi connectivity index (χ0v) is 15.3. The Morgan fingerprint density at radius 2 is 1.92 bits per heavy atom. The van der Waals surface area contributed by atoms with Crippen LogP contribution in [0, 0.1) is 0 Å². The summed E-state index contributed by atoms with van der Waals surface area (Å²) in [5, 5.41) is 5.91. The average Bonchev–Trinajstić information content (AvgIpc) is 2.61. The van der Waals surface area contributed by atoms with E-state index >= 15 is 0 Å². The Morgan fingerprint density at radius 1 is 1.16 bits per heavy atom. The number of hydrogen-bond acceptors (Lipinski definition) is 4. The Balaban J connectivity index is 1.58. The zero-order chi connectivity index (χ0) is 17.6. The number of nitrogens with zero attached hydrogens (tertiary/aromatic N) is 2. The van der Waals surface area contributed by atoms with Crippen LogP contribution in [0.4, 0.5) is 0 Å². The highest BCUT2D eigenvalue weighted by Crippen LogP contribution is 2.20. The standard InChI is InChI=1S/C18H13Cl2N3OS/c19-14-5-7-15(8-6-14)25-11-17(24)23-21-10-13-9-12-3-1-2-4-16(12)22-18(13)20/h1-10H,11H2,(H,23,24)/b21-10-. The number of thioether (sulfide) groups is 1. The minimum atomic E-state index is -0.207. The van der Waals surface area contributed by atoms with E-state index in [-0.39, 0.29) is 11.7 Å². The van der Waals surface area contributed by atoms with Gasteiger partial charge in [0.2, 0.25) is 5.91 Å². The Bertz CT molecular complexity index is 929. The second-order valence-corrected chi connectivity index (χ2v) is 6.94. The van der Waals surface area contributed by atoms with Crippen LogP contribution < -0.4 is 5.43 Å². The minimum absolute atomic E-state index is 0.207. The molecule has 0 aliphatic carbocycles. The maximum atomic E-state index is 11.9.